The van der Waals surface area contributed by atoms with Gasteiger partial charge in [0.15, 0.2) is 0 Å². The van der Waals surface area contributed by atoms with Crippen molar-refractivity contribution in [2.75, 3.05) is 33.2 Å². The van der Waals surface area contributed by atoms with E-state index in [-0.39, 0.29) is 5.91 Å². The van der Waals surface area contributed by atoms with Gasteiger partial charge >= 0.3 is 0 Å². The van der Waals surface area contributed by atoms with Crippen molar-refractivity contribution in [2.24, 2.45) is 0 Å². The van der Waals surface area contributed by atoms with E-state index in [4.69, 9.17) is 0 Å². The molecule has 5 rings (SSSR count). The van der Waals surface area contributed by atoms with Crippen LogP contribution in [0.25, 0.3) is 27.6 Å². The summed E-state index contributed by atoms with van der Waals surface area (Å²) in [6.45, 7) is 3.42. The van der Waals surface area contributed by atoms with Crippen LogP contribution in [0.3, 0.4) is 0 Å². The Kier molecular flexibility index (Phi) is 3.72. The van der Waals surface area contributed by atoms with E-state index >= 15 is 0 Å². The number of hydrogen-bond donors (Lipinski definition) is 1. The predicted molar refractivity (Wildman–Crippen MR) is 106 cm³/mol. The van der Waals surface area contributed by atoms with E-state index in [2.05, 4.69) is 34.2 Å². The number of rotatable bonds is 2. The van der Waals surface area contributed by atoms with Crippen molar-refractivity contribution in [1.29, 1.82) is 0 Å². The molecule has 6 heteroatoms. The van der Waals surface area contributed by atoms with Crippen LogP contribution in [0.1, 0.15) is 10.4 Å². The summed E-state index contributed by atoms with van der Waals surface area (Å²) in [7, 11) is 2.09. The van der Waals surface area contributed by atoms with Crippen molar-refractivity contribution in [3.8, 4) is 5.82 Å². The minimum atomic E-state index is 0.109. The molecule has 1 saturated heterocycles. The summed E-state index contributed by atoms with van der Waals surface area (Å²) in [5, 5.41) is 6.62. The van der Waals surface area contributed by atoms with Gasteiger partial charge < -0.3 is 14.8 Å². The number of nitrogens with one attached hydrogen (secondary N) is 1. The number of benzene rings is 2. The lowest BCUT2D eigenvalue weighted by molar-refractivity contribution is 0.0664. The van der Waals surface area contributed by atoms with Crippen molar-refractivity contribution >= 4 is 27.7 Å². The number of amides is 1. The van der Waals surface area contributed by atoms with Gasteiger partial charge in [0.25, 0.3) is 5.91 Å². The van der Waals surface area contributed by atoms with Crippen LogP contribution in [-0.2, 0) is 0 Å². The highest BCUT2D eigenvalue weighted by Crippen LogP contribution is 2.23. The largest absolute Gasteiger partial charge is 0.340 e. The van der Waals surface area contributed by atoms with Gasteiger partial charge in [-0.25, -0.2) is 4.68 Å². The summed E-state index contributed by atoms with van der Waals surface area (Å²) in [5.74, 6) is 1.01. The maximum absolute atomic E-state index is 12.8. The van der Waals surface area contributed by atoms with Gasteiger partial charge in [-0.2, -0.15) is 5.10 Å². The van der Waals surface area contributed by atoms with Crippen molar-refractivity contribution in [3.63, 3.8) is 0 Å². The second-order valence-corrected chi connectivity index (χ2v) is 7.17. The summed E-state index contributed by atoms with van der Waals surface area (Å²) in [6.07, 6.45) is 1.86. The smallest absolute Gasteiger partial charge is 0.253 e. The third-order valence-corrected chi connectivity index (χ3v) is 5.35. The highest BCUT2D eigenvalue weighted by atomic mass is 16.2. The number of aromatic nitrogens is 3. The first-order valence-corrected chi connectivity index (χ1v) is 9.23. The first kappa shape index (κ1) is 16.1. The molecule has 1 fully saturated rings. The molecule has 4 aromatic rings. The van der Waals surface area contributed by atoms with Gasteiger partial charge in [0.1, 0.15) is 5.82 Å². The van der Waals surface area contributed by atoms with Crippen LogP contribution in [0.5, 0.6) is 0 Å². The molecular formula is C21H21N5O. The lowest BCUT2D eigenvalue weighted by atomic mass is 10.1. The molecule has 1 amide bonds. The molecule has 6 nitrogen and oxygen atoms in total. The van der Waals surface area contributed by atoms with Gasteiger partial charge in [0, 0.05) is 48.0 Å². The normalized spacial score (nSPS) is 15.7. The third kappa shape index (κ3) is 2.78. The second kappa shape index (κ2) is 6.25. The highest BCUT2D eigenvalue weighted by Gasteiger charge is 2.20. The highest BCUT2D eigenvalue weighted by molar-refractivity contribution is 5.98. The Labute approximate surface area is 157 Å². The van der Waals surface area contributed by atoms with Crippen molar-refractivity contribution in [1.82, 2.24) is 24.6 Å². The van der Waals surface area contributed by atoms with E-state index in [9.17, 15) is 4.79 Å². The number of likely N-dealkylation sites (N-methyl/N-ethyl adjacent to an activating group) is 1. The van der Waals surface area contributed by atoms with Crippen LogP contribution < -0.4 is 0 Å². The van der Waals surface area contributed by atoms with E-state index < -0.39 is 0 Å². The molecule has 1 aliphatic heterocycles. The van der Waals surface area contributed by atoms with Gasteiger partial charge in [-0.1, -0.05) is 18.2 Å². The molecule has 136 valence electrons. The maximum atomic E-state index is 12.8. The number of nitrogens with zero attached hydrogens (tertiary/aromatic N) is 4. The number of H-pyrrole nitrogens is 1. The van der Waals surface area contributed by atoms with Crippen molar-refractivity contribution < 1.29 is 4.79 Å². The van der Waals surface area contributed by atoms with E-state index in [0.29, 0.717) is 0 Å². The van der Waals surface area contributed by atoms with Gasteiger partial charge in [-0.05, 0) is 37.4 Å². The molecule has 0 atom stereocenters. The van der Waals surface area contributed by atoms with Crippen LogP contribution in [-0.4, -0.2) is 63.7 Å². The number of carbonyl (C=O) groups is 1. The molecule has 27 heavy (non-hydrogen) atoms. The number of hydrogen-bond acceptors (Lipinski definition) is 3. The minimum Gasteiger partial charge on any atom is -0.340 e. The standard InChI is InChI=1S/C21H21N5O/c1-24-8-10-25(11-9-24)21(27)15-6-7-18-17(12-15)13-20(23-18)26-19-5-3-2-4-16(19)14-22-26/h2-7,12-14,23H,8-11H2,1H3. The number of fused-ring (bicyclic) bond motifs is 2. The number of aromatic amines is 1. The quantitative estimate of drug-likeness (QED) is 0.599. The maximum Gasteiger partial charge on any atom is 0.253 e. The van der Waals surface area contributed by atoms with Gasteiger partial charge in [-0.15, -0.1) is 0 Å². The van der Waals surface area contributed by atoms with Crippen LogP contribution in [0.2, 0.25) is 0 Å². The lowest BCUT2D eigenvalue weighted by Gasteiger charge is -2.32. The first-order chi connectivity index (χ1) is 13.2. The molecule has 2 aromatic carbocycles. The molecule has 0 bridgehead atoms. The Morgan fingerprint density at radius 2 is 1.81 bits per heavy atom. The molecule has 0 spiro atoms. The molecule has 0 aliphatic carbocycles. The number of para-hydroxylation sites is 1. The molecule has 1 aliphatic rings. The van der Waals surface area contributed by atoms with Crippen LogP contribution in [0, 0.1) is 0 Å². The molecule has 0 unspecified atom stereocenters. The van der Waals surface area contributed by atoms with E-state index in [1.54, 1.807) is 0 Å². The van der Waals surface area contributed by atoms with Gasteiger partial charge in [0.05, 0.1) is 11.7 Å². The summed E-state index contributed by atoms with van der Waals surface area (Å²) >= 11 is 0. The fourth-order valence-corrected chi connectivity index (χ4v) is 3.72. The Morgan fingerprint density at radius 3 is 2.67 bits per heavy atom. The summed E-state index contributed by atoms with van der Waals surface area (Å²) in [5.41, 5.74) is 2.79. The fraction of sp³-hybridized carbons (Fsp3) is 0.238. The first-order valence-electron chi connectivity index (χ1n) is 9.23. The van der Waals surface area contributed by atoms with E-state index in [1.165, 1.54) is 0 Å². The van der Waals surface area contributed by atoms with Crippen LogP contribution >= 0.6 is 0 Å². The Balaban J connectivity index is 1.49. The molecule has 0 saturated carbocycles. The Bertz CT molecular complexity index is 1130. The molecule has 0 radical (unpaired) electrons. The van der Waals surface area contributed by atoms with Gasteiger partial charge in [0.2, 0.25) is 0 Å². The fourth-order valence-electron chi connectivity index (χ4n) is 3.72. The van der Waals surface area contributed by atoms with Crippen molar-refractivity contribution in [2.45, 2.75) is 0 Å². The zero-order valence-electron chi connectivity index (χ0n) is 15.2. The third-order valence-electron chi connectivity index (χ3n) is 5.35. The molecule has 1 N–H and O–H groups in total. The average Bonchev–Trinajstić information content (AvgIpc) is 3.31. The minimum absolute atomic E-state index is 0.109. The lowest BCUT2D eigenvalue weighted by Crippen LogP contribution is -2.47. The van der Waals surface area contributed by atoms with Crippen LogP contribution in [0.15, 0.2) is 54.7 Å². The summed E-state index contributed by atoms with van der Waals surface area (Å²) < 4.78 is 1.90. The SMILES string of the molecule is CN1CCN(C(=O)c2ccc3[nH]c(-n4ncc5ccccc54)cc3c2)CC1. The second-order valence-electron chi connectivity index (χ2n) is 7.17. The Morgan fingerprint density at radius 1 is 1.00 bits per heavy atom. The summed E-state index contributed by atoms with van der Waals surface area (Å²) in [6, 6.07) is 16.0. The zero-order valence-corrected chi connectivity index (χ0v) is 15.2. The van der Waals surface area contributed by atoms with E-state index in [0.717, 1.165) is 59.4 Å². The molecular weight excluding hydrogens is 338 g/mol. The van der Waals surface area contributed by atoms with Crippen LogP contribution in [0.4, 0.5) is 0 Å². The van der Waals surface area contributed by atoms with Gasteiger partial charge in [-0.3, -0.25) is 4.79 Å². The van der Waals surface area contributed by atoms with E-state index in [1.807, 2.05) is 52.2 Å². The summed E-state index contributed by atoms with van der Waals surface area (Å²) in [4.78, 5) is 20.4. The molecule has 3 heterocycles. The van der Waals surface area contributed by atoms with Crippen molar-refractivity contribution in [3.05, 3.63) is 60.3 Å². The monoisotopic (exact) mass is 359 g/mol. The molecule has 2 aromatic heterocycles. The number of piperazine rings is 1. The zero-order chi connectivity index (χ0) is 18.4. The predicted octanol–water partition coefficient (Wildman–Crippen LogP) is 2.89. The number of carbonyl (C=O) groups excluding carboxylic acids is 1. The average molecular weight is 359 g/mol. The Hall–Kier alpha value is -3.12. The topological polar surface area (TPSA) is 57.2 Å².